The van der Waals surface area contributed by atoms with Crippen LogP contribution in [0.5, 0.6) is 17.2 Å². The van der Waals surface area contributed by atoms with E-state index in [1.807, 2.05) is 54.6 Å². The van der Waals surface area contributed by atoms with Gasteiger partial charge in [0.2, 0.25) is 0 Å². The van der Waals surface area contributed by atoms with E-state index >= 15 is 0 Å². The van der Waals surface area contributed by atoms with Gasteiger partial charge in [0.1, 0.15) is 28.9 Å². The summed E-state index contributed by atoms with van der Waals surface area (Å²) in [5, 5.41) is 9.64. The first-order chi connectivity index (χ1) is 23.9. The minimum Gasteiger partial charge on any atom is -0.494 e. The van der Waals surface area contributed by atoms with Gasteiger partial charge in [0.25, 0.3) is 0 Å². The number of nitriles is 1. The molecule has 0 N–H and O–H groups in total. The van der Waals surface area contributed by atoms with E-state index < -0.39 is 18.0 Å². The monoisotopic (exact) mass is 667 g/mol. The quantitative estimate of drug-likeness (QED) is 0.0326. The van der Waals surface area contributed by atoms with Crippen LogP contribution < -0.4 is 14.2 Å². The second-order valence-corrected chi connectivity index (χ2v) is 12.3. The number of carbonyl (C=O) groups is 2. The van der Waals surface area contributed by atoms with E-state index in [-0.39, 0.29) is 5.57 Å². The number of esters is 2. The van der Waals surface area contributed by atoms with Crippen molar-refractivity contribution in [2.24, 2.45) is 0 Å². The van der Waals surface area contributed by atoms with Gasteiger partial charge in [0.05, 0.1) is 6.61 Å². The summed E-state index contributed by atoms with van der Waals surface area (Å²) in [5.41, 5.74) is 2.39. The highest BCUT2D eigenvalue weighted by Crippen LogP contribution is 2.26. The molecule has 0 aliphatic heterocycles. The van der Waals surface area contributed by atoms with Crippen LogP contribution in [0.4, 0.5) is 0 Å². The van der Waals surface area contributed by atoms with Crippen LogP contribution in [0.25, 0.3) is 17.2 Å². The lowest BCUT2D eigenvalue weighted by Gasteiger charge is -2.12. The van der Waals surface area contributed by atoms with Crippen molar-refractivity contribution in [1.82, 2.24) is 0 Å². The van der Waals surface area contributed by atoms with E-state index in [2.05, 4.69) is 13.8 Å². The first-order valence-electron chi connectivity index (χ1n) is 18.0. The molecule has 0 bridgehead atoms. The van der Waals surface area contributed by atoms with Crippen LogP contribution in [0, 0.1) is 11.3 Å². The third kappa shape index (κ3) is 15.1. The first-order valence-corrected chi connectivity index (χ1v) is 18.0. The number of hydrogen-bond donors (Lipinski definition) is 0. The average molecular weight is 668 g/mol. The van der Waals surface area contributed by atoms with Crippen molar-refractivity contribution >= 4 is 18.0 Å². The number of hydrogen-bond acceptors (Lipinski definition) is 7. The molecule has 0 spiro atoms. The predicted molar refractivity (Wildman–Crippen MR) is 195 cm³/mol. The first kappa shape index (κ1) is 39.0. The highest BCUT2D eigenvalue weighted by molar-refractivity contribution is 5.99. The van der Waals surface area contributed by atoms with Gasteiger partial charge >= 0.3 is 11.9 Å². The third-order valence-electron chi connectivity index (χ3n) is 8.22. The van der Waals surface area contributed by atoms with E-state index in [0.717, 1.165) is 42.6 Å². The normalized spacial score (nSPS) is 11.8. The lowest BCUT2D eigenvalue weighted by Crippen LogP contribution is -2.26. The van der Waals surface area contributed by atoms with Gasteiger partial charge in [-0.3, -0.25) is 0 Å². The molecule has 7 nitrogen and oxygen atoms in total. The number of benzene rings is 3. The van der Waals surface area contributed by atoms with Crippen molar-refractivity contribution in [2.45, 2.75) is 110 Å². The Kier molecular flexibility index (Phi) is 18.3. The van der Waals surface area contributed by atoms with Crippen LogP contribution in [-0.2, 0) is 14.3 Å². The number of carbonyl (C=O) groups excluding carboxylic acids is 2. The molecule has 0 aliphatic rings. The van der Waals surface area contributed by atoms with Crippen molar-refractivity contribution in [2.75, 3.05) is 13.2 Å². The molecule has 0 heterocycles. The van der Waals surface area contributed by atoms with Crippen LogP contribution in [0.2, 0.25) is 0 Å². The molecule has 3 rings (SSSR count). The maximum atomic E-state index is 12.8. The van der Waals surface area contributed by atoms with Gasteiger partial charge in [-0.05, 0) is 78.9 Å². The van der Waals surface area contributed by atoms with Crippen LogP contribution in [0.3, 0.4) is 0 Å². The topological polar surface area (TPSA) is 94.9 Å². The zero-order valence-electron chi connectivity index (χ0n) is 29.6. The second kappa shape index (κ2) is 23.0. The Morgan fingerprint density at radius 2 is 1.10 bits per heavy atom. The number of unbranched alkanes of at least 4 members (excludes halogenated alkanes) is 11. The molecule has 0 aliphatic carbocycles. The highest BCUT2D eigenvalue weighted by atomic mass is 16.6. The van der Waals surface area contributed by atoms with Crippen molar-refractivity contribution in [3.05, 3.63) is 83.9 Å². The molecule has 49 heavy (non-hydrogen) atoms. The summed E-state index contributed by atoms with van der Waals surface area (Å²) in [6.07, 6.45) is 16.8. The Bertz CT molecular complexity index is 1460. The van der Waals surface area contributed by atoms with Crippen molar-refractivity contribution in [3.8, 4) is 34.4 Å². The fourth-order valence-corrected chi connectivity index (χ4v) is 5.22. The van der Waals surface area contributed by atoms with E-state index in [9.17, 15) is 14.9 Å². The number of nitrogens with zero attached hydrogens (tertiary/aromatic N) is 1. The van der Waals surface area contributed by atoms with Crippen molar-refractivity contribution in [1.29, 1.82) is 5.26 Å². The number of rotatable bonds is 23. The van der Waals surface area contributed by atoms with Crippen molar-refractivity contribution < 1.29 is 28.5 Å². The van der Waals surface area contributed by atoms with E-state index in [0.29, 0.717) is 30.3 Å². The second-order valence-electron chi connectivity index (χ2n) is 12.3. The molecular weight excluding hydrogens is 614 g/mol. The van der Waals surface area contributed by atoms with E-state index in [1.54, 1.807) is 31.2 Å². The smallest absolute Gasteiger partial charge is 0.354 e. The molecule has 1 atom stereocenters. The molecule has 0 radical (unpaired) electrons. The van der Waals surface area contributed by atoms with Gasteiger partial charge in [-0.2, -0.15) is 5.26 Å². The zero-order valence-corrected chi connectivity index (χ0v) is 29.6. The Morgan fingerprint density at radius 1 is 0.633 bits per heavy atom. The molecule has 0 saturated carbocycles. The summed E-state index contributed by atoms with van der Waals surface area (Å²) in [7, 11) is 0. The molecule has 7 heteroatoms. The zero-order chi connectivity index (χ0) is 35.1. The molecule has 262 valence electrons. The molecular formula is C42H53NO6. The lowest BCUT2D eigenvalue weighted by molar-refractivity contribution is -0.146. The van der Waals surface area contributed by atoms with Gasteiger partial charge in [-0.1, -0.05) is 121 Å². The van der Waals surface area contributed by atoms with Crippen LogP contribution in [0.15, 0.2) is 78.4 Å². The SMILES string of the molecule is CCCCCCCCCCCCOc1ccc(/C=C(\C#N)C(=O)Oc2ccc(-c3ccc(OC(=O)C(C)OCCCCC)cc3)cc2)cc1. The lowest BCUT2D eigenvalue weighted by atomic mass is 10.1. The Labute approximate surface area is 293 Å². The van der Waals surface area contributed by atoms with E-state index in [4.69, 9.17) is 18.9 Å². The third-order valence-corrected chi connectivity index (χ3v) is 8.22. The standard InChI is InChI=1S/C42H53NO6/c1-4-6-8-9-10-11-12-13-14-16-30-47-38-23-17-34(18-24-38)31-37(32-43)42(45)49-40-27-21-36(22-28-40)35-19-25-39(26-20-35)48-41(44)33(3)46-29-15-7-5-2/h17-28,31,33H,4-16,29-30H2,1-3H3/b37-31+. The fourth-order valence-electron chi connectivity index (χ4n) is 5.22. The van der Waals surface area contributed by atoms with Crippen LogP contribution in [-0.4, -0.2) is 31.3 Å². The van der Waals surface area contributed by atoms with E-state index in [1.165, 1.54) is 63.9 Å². The molecule has 3 aromatic carbocycles. The summed E-state index contributed by atoms with van der Waals surface area (Å²) in [4.78, 5) is 25.1. The largest absolute Gasteiger partial charge is 0.494 e. The van der Waals surface area contributed by atoms with Gasteiger partial charge in [0, 0.05) is 6.61 Å². The minimum atomic E-state index is -0.730. The molecule has 1 unspecified atom stereocenters. The van der Waals surface area contributed by atoms with Gasteiger partial charge < -0.3 is 18.9 Å². The Balaban J connectivity index is 1.41. The highest BCUT2D eigenvalue weighted by Gasteiger charge is 2.16. The van der Waals surface area contributed by atoms with Gasteiger partial charge in [-0.15, -0.1) is 0 Å². The molecule has 0 saturated heterocycles. The Hall–Kier alpha value is -4.41. The van der Waals surface area contributed by atoms with Crippen molar-refractivity contribution in [3.63, 3.8) is 0 Å². The summed E-state index contributed by atoms with van der Waals surface area (Å²) in [6.45, 7) is 7.27. The summed E-state index contributed by atoms with van der Waals surface area (Å²) in [5.74, 6) is 0.366. The molecule has 3 aromatic rings. The Morgan fingerprint density at radius 3 is 1.65 bits per heavy atom. The fraction of sp³-hybridized carbons (Fsp3) is 0.452. The molecule has 0 fully saturated rings. The predicted octanol–water partition coefficient (Wildman–Crippen LogP) is 10.7. The molecule has 0 aromatic heterocycles. The summed E-state index contributed by atoms with van der Waals surface area (Å²) >= 11 is 0. The summed E-state index contributed by atoms with van der Waals surface area (Å²) < 4.78 is 22.4. The van der Waals surface area contributed by atoms with Crippen LogP contribution in [0.1, 0.15) is 110 Å². The average Bonchev–Trinajstić information content (AvgIpc) is 3.12. The maximum absolute atomic E-state index is 12.8. The van der Waals surface area contributed by atoms with Crippen LogP contribution >= 0.6 is 0 Å². The minimum absolute atomic E-state index is 0.103. The summed E-state index contributed by atoms with van der Waals surface area (Å²) in [6, 6.07) is 23.4. The van der Waals surface area contributed by atoms with Gasteiger partial charge in [-0.25, -0.2) is 9.59 Å². The van der Waals surface area contributed by atoms with Gasteiger partial charge in [0.15, 0.2) is 6.10 Å². The molecule has 0 amide bonds. The number of ether oxygens (including phenoxy) is 4. The maximum Gasteiger partial charge on any atom is 0.354 e.